The fourth-order valence-electron chi connectivity index (χ4n) is 6.96. The number of likely N-dealkylation sites (tertiary alicyclic amines) is 1. The Balaban J connectivity index is 0.981. The number of hydrogen-bond acceptors (Lipinski definition) is 5. The number of ether oxygens (including phenoxy) is 1. The van der Waals surface area contributed by atoms with Gasteiger partial charge in [0.05, 0.1) is 24.4 Å². The van der Waals surface area contributed by atoms with Gasteiger partial charge in [-0.15, -0.1) is 0 Å². The largest absolute Gasteiger partial charge is 0.402 e. The normalized spacial score (nSPS) is 21.3. The highest BCUT2D eigenvalue weighted by molar-refractivity contribution is 5.58. The standard InChI is InChI=1S/C39H48N4O/c1-5-31-10-16-35(18-27(31)2)42-36-21-30(22-36)19-28-6-11-32(12-7-28)38(3,4)33-13-8-29(9-14-33)20-34(40)15-17-37(41)43-23-39(24-43)25-44-26-39/h5-18,30,36,42H,1,19-26,40-41H2,2-4H3/b34-15-,37-17+. The van der Waals surface area contributed by atoms with E-state index in [2.05, 4.69) is 104 Å². The van der Waals surface area contributed by atoms with E-state index in [9.17, 15) is 0 Å². The van der Waals surface area contributed by atoms with Crippen LogP contribution in [0.3, 0.4) is 0 Å². The summed E-state index contributed by atoms with van der Waals surface area (Å²) in [5, 5.41) is 3.72. The van der Waals surface area contributed by atoms with Crippen LogP contribution in [0.25, 0.3) is 6.08 Å². The molecule has 0 amide bonds. The first-order valence-corrected chi connectivity index (χ1v) is 16.1. The molecule has 5 heteroatoms. The van der Waals surface area contributed by atoms with Crippen molar-refractivity contribution in [2.45, 2.75) is 57.9 Å². The van der Waals surface area contributed by atoms with Gasteiger partial charge in [0.2, 0.25) is 0 Å². The Bertz CT molecular complexity index is 1530. The van der Waals surface area contributed by atoms with Crippen molar-refractivity contribution in [2.75, 3.05) is 31.6 Å². The van der Waals surface area contributed by atoms with E-state index < -0.39 is 0 Å². The maximum atomic E-state index is 6.36. The van der Waals surface area contributed by atoms with Gasteiger partial charge in [-0.1, -0.05) is 81.1 Å². The molecule has 2 saturated heterocycles. The fourth-order valence-corrected chi connectivity index (χ4v) is 6.96. The fraction of sp³-hybridized carbons (Fsp3) is 0.385. The Morgan fingerprint density at radius 3 is 2.16 bits per heavy atom. The monoisotopic (exact) mass is 588 g/mol. The van der Waals surface area contributed by atoms with Crippen molar-refractivity contribution in [2.24, 2.45) is 22.8 Å². The summed E-state index contributed by atoms with van der Waals surface area (Å²) in [6, 6.07) is 25.3. The Hall–Kier alpha value is -3.96. The van der Waals surface area contributed by atoms with Crippen LogP contribution in [0.15, 0.2) is 97.0 Å². The molecule has 3 aliphatic rings. The summed E-state index contributed by atoms with van der Waals surface area (Å²) in [5.74, 6) is 1.52. The molecule has 3 aromatic rings. The molecule has 2 heterocycles. The lowest BCUT2D eigenvalue weighted by Crippen LogP contribution is -2.66. The molecule has 44 heavy (non-hydrogen) atoms. The molecule has 0 bridgehead atoms. The van der Waals surface area contributed by atoms with Crippen LogP contribution in [0, 0.1) is 18.3 Å². The third-order valence-electron chi connectivity index (χ3n) is 10.1. The lowest BCUT2D eigenvalue weighted by molar-refractivity contribution is -0.180. The van der Waals surface area contributed by atoms with Crippen molar-refractivity contribution >= 4 is 11.8 Å². The minimum atomic E-state index is -0.0829. The van der Waals surface area contributed by atoms with Crippen molar-refractivity contribution in [1.82, 2.24) is 4.90 Å². The highest BCUT2D eigenvalue weighted by atomic mass is 16.5. The van der Waals surface area contributed by atoms with Crippen LogP contribution in [0.4, 0.5) is 5.69 Å². The minimum absolute atomic E-state index is 0.0829. The number of rotatable bonds is 11. The van der Waals surface area contributed by atoms with Crippen molar-refractivity contribution < 1.29 is 4.74 Å². The van der Waals surface area contributed by atoms with E-state index in [1.807, 2.05) is 18.2 Å². The van der Waals surface area contributed by atoms with Crippen LogP contribution in [0.1, 0.15) is 60.1 Å². The van der Waals surface area contributed by atoms with E-state index >= 15 is 0 Å². The van der Waals surface area contributed by atoms with E-state index in [1.54, 1.807) is 0 Å². The molecule has 0 radical (unpaired) electrons. The molecule has 230 valence electrons. The lowest BCUT2D eigenvalue weighted by Gasteiger charge is -2.55. The molecule has 2 aliphatic heterocycles. The third kappa shape index (κ3) is 6.44. The second-order valence-corrected chi connectivity index (χ2v) is 14.0. The Labute approximate surface area is 263 Å². The molecule has 0 aromatic heterocycles. The number of nitrogens with one attached hydrogen (secondary N) is 1. The van der Waals surface area contributed by atoms with Gasteiger partial charge in [0, 0.05) is 42.4 Å². The first kappa shape index (κ1) is 30.1. The third-order valence-corrected chi connectivity index (χ3v) is 10.1. The molecular weight excluding hydrogens is 540 g/mol. The predicted molar refractivity (Wildman–Crippen MR) is 183 cm³/mol. The summed E-state index contributed by atoms with van der Waals surface area (Å²) in [4.78, 5) is 2.20. The van der Waals surface area contributed by atoms with Gasteiger partial charge in [-0.2, -0.15) is 0 Å². The summed E-state index contributed by atoms with van der Waals surface area (Å²) >= 11 is 0. The SMILES string of the molecule is C=Cc1ccc(NC2CC(Cc3ccc(C(C)(C)c4ccc(C/C(N)=C/C=C(\N)N5CC6(COC6)C5)cc4)cc3)C2)cc1C. The quantitative estimate of drug-likeness (QED) is 0.212. The summed E-state index contributed by atoms with van der Waals surface area (Å²) < 4.78 is 5.35. The smallest absolute Gasteiger partial charge is 0.0987 e. The van der Waals surface area contributed by atoms with Crippen LogP contribution in [0.2, 0.25) is 0 Å². The van der Waals surface area contributed by atoms with Gasteiger partial charge in [0.25, 0.3) is 0 Å². The first-order valence-electron chi connectivity index (χ1n) is 16.1. The molecule has 5 N–H and O–H groups in total. The molecule has 5 nitrogen and oxygen atoms in total. The van der Waals surface area contributed by atoms with Crippen molar-refractivity contribution in [1.29, 1.82) is 0 Å². The minimum Gasteiger partial charge on any atom is -0.402 e. The number of nitrogens with zero attached hydrogens (tertiary/aromatic N) is 1. The zero-order valence-electron chi connectivity index (χ0n) is 26.6. The summed E-state index contributed by atoms with van der Waals surface area (Å²) in [5.41, 5.74) is 22.7. The lowest BCUT2D eigenvalue weighted by atomic mass is 9.75. The summed E-state index contributed by atoms with van der Waals surface area (Å²) in [6.07, 6.45) is 10.1. The van der Waals surface area contributed by atoms with Crippen LogP contribution >= 0.6 is 0 Å². The Kier molecular flexibility index (Phi) is 8.34. The van der Waals surface area contributed by atoms with Gasteiger partial charge >= 0.3 is 0 Å². The van der Waals surface area contributed by atoms with Gasteiger partial charge in [0.1, 0.15) is 0 Å². The molecule has 0 atom stereocenters. The molecule has 1 aliphatic carbocycles. The first-order chi connectivity index (χ1) is 21.1. The van der Waals surface area contributed by atoms with Crippen LogP contribution in [-0.4, -0.2) is 37.2 Å². The predicted octanol–water partition coefficient (Wildman–Crippen LogP) is 6.91. The summed E-state index contributed by atoms with van der Waals surface area (Å²) in [7, 11) is 0. The van der Waals surface area contributed by atoms with E-state index in [-0.39, 0.29) is 5.41 Å². The number of anilines is 1. The topological polar surface area (TPSA) is 76.5 Å². The zero-order valence-corrected chi connectivity index (χ0v) is 26.6. The van der Waals surface area contributed by atoms with Gasteiger partial charge in [-0.25, -0.2) is 0 Å². The molecule has 3 aromatic carbocycles. The zero-order chi connectivity index (χ0) is 30.9. The highest BCUT2D eigenvalue weighted by Gasteiger charge is 2.49. The van der Waals surface area contributed by atoms with E-state index in [0.717, 1.165) is 50.2 Å². The van der Waals surface area contributed by atoms with E-state index in [4.69, 9.17) is 16.2 Å². The average Bonchev–Trinajstić information content (AvgIpc) is 2.94. The van der Waals surface area contributed by atoms with E-state index in [0.29, 0.717) is 17.9 Å². The number of allylic oxidation sites excluding steroid dienone is 3. The molecule has 6 rings (SSSR count). The number of hydrogen-bond donors (Lipinski definition) is 3. The maximum Gasteiger partial charge on any atom is 0.0987 e. The van der Waals surface area contributed by atoms with Crippen LogP contribution < -0.4 is 16.8 Å². The van der Waals surface area contributed by atoms with Gasteiger partial charge < -0.3 is 26.4 Å². The van der Waals surface area contributed by atoms with Gasteiger partial charge in [-0.3, -0.25) is 0 Å². The summed E-state index contributed by atoms with van der Waals surface area (Å²) in [6.45, 7) is 14.3. The van der Waals surface area contributed by atoms with Crippen LogP contribution in [0.5, 0.6) is 0 Å². The molecule has 1 spiro atoms. The van der Waals surface area contributed by atoms with Gasteiger partial charge in [0.15, 0.2) is 0 Å². The van der Waals surface area contributed by atoms with Crippen molar-refractivity contribution in [3.05, 3.63) is 130 Å². The van der Waals surface area contributed by atoms with Crippen molar-refractivity contribution in [3.8, 4) is 0 Å². The van der Waals surface area contributed by atoms with Crippen LogP contribution in [-0.2, 0) is 23.0 Å². The average molecular weight is 589 g/mol. The maximum absolute atomic E-state index is 6.36. The highest BCUT2D eigenvalue weighted by Crippen LogP contribution is 2.39. The number of benzene rings is 3. The second-order valence-electron chi connectivity index (χ2n) is 14.0. The van der Waals surface area contributed by atoms with E-state index in [1.165, 1.54) is 51.9 Å². The molecule has 0 unspecified atom stereocenters. The van der Waals surface area contributed by atoms with Crippen molar-refractivity contribution in [3.63, 3.8) is 0 Å². The second kappa shape index (κ2) is 12.2. The molecule has 1 saturated carbocycles. The van der Waals surface area contributed by atoms with Gasteiger partial charge in [-0.05, 0) is 89.8 Å². The molecular formula is C39H48N4O. The number of nitrogens with two attached hydrogens (primary N) is 2. The Morgan fingerprint density at radius 1 is 0.955 bits per heavy atom. The number of aryl methyl sites for hydroxylation is 1. The Morgan fingerprint density at radius 2 is 1.59 bits per heavy atom. The molecule has 3 fully saturated rings.